The first-order valence-corrected chi connectivity index (χ1v) is 7.30. The van der Waals surface area contributed by atoms with Crippen LogP contribution in [0.15, 0.2) is 30.5 Å². The number of nitrogens with one attached hydrogen (secondary N) is 2. The molecule has 2 amide bonds. The zero-order chi connectivity index (χ0) is 15.2. The third kappa shape index (κ3) is 4.95. The SMILES string of the molecule is Cc1nn(CCCNC(=O)Nc2ccc(Cl)cc2)cc1Cl. The van der Waals surface area contributed by atoms with E-state index >= 15 is 0 Å². The number of aromatic nitrogens is 2. The molecule has 112 valence electrons. The first kappa shape index (κ1) is 15.7. The van der Waals surface area contributed by atoms with E-state index in [2.05, 4.69) is 15.7 Å². The molecule has 0 radical (unpaired) electrons. The third-order valence-electron chi connectivity index (χ3n) is 2.84. The smallest absolute Gasteiger partial charge is 0.319 e. The predicted octanol–water partition coefficient (Wildman–Crippen LogP) is 3.71. The van der Waals surface area contributed by atoms with Crippen molar-refractivity contribution in [1.29, 1.82) is 0 Å². The summed E-state index contributed by atoms with van der Waals surface area (Å²) in [6, 6.07) is 6.70. The van der Waals surface area contributed by atoms with Crippen LogP contribution in [0.2, 0.25) is 10.0 Å². The molecule has 7 heteroatoms. The lowest BCUT2D eigenvalue weighted by Gasteiger charge is -2.07. The number of benzene rings is 1. The van der Waals surface area contributed by atoms with Crippen molar-refractivity contribution in [2.45, 2.75) is 19.9 Å². The van der Waals surface area contributed by atoms with Crippen molar-refractivity contribution >= 4 is 34.9 Å². The summed E-state index contributed by atoms with van der Waals surface area (Å²) in [5, 5.41) is 11.0. The van der Waals surface area contributed by atoms with Crippen molar-refractivity contribution in [2.24, 2.45) is 0 Å². The highest BCUT2D eigenvalue weighted by Crippen LogP contribution is 2.13. The topological polar surface area (TPSA) is 59.0 Å². The van der Waals surface area contributed by atoms with Crippen LogP contribution in [0.4, 0.5) is 10.5 Å². The van der Waals surface area contributed by atoms with Gasteiger partial charge in [-0.2, -0.15) is 5.10 Å². The fraction of sp³-hybridized carbons (Fsp3) is 0.286. The van der Waals surface area contributed by atoms with Crippen LogP contribution in [0.3, 0.4) is 0 Å². The summed E-state index contributed by atoms with van der Waals surface area (Å²) < 4.78 is 1.77. The number of anilines is 1. The molecule has 5 nitrogen and oxygen atoms in total. The van der Waals surface area contributed by atoms with E-state index in [0.29, 0.717) is 28.8 Å². The van der Waals surface area contributed by atoms with Gasteiger partial charge in [0.1, 0.15) is 0 Å². The molecule has 0 aliphatic carbocycles. The molecule has 0 saturated carbocycles. The van der Waals surface area contributed by atoms with Crippen LogP contribution in [0.5, 0.6) is 0 Å². The number of amides is 2. The van der Waals surface area contributed by atoms with E-state index in [1.165, 1.54) is 0 Å². The first-order chi connectivity index (χ1) is 10.0. The fourth-order valence-electron chi connectivity index (χ4n) is 1.76. The number of halogens is 2. The average Bonchev–Trinajstić information content (AvgIpc) is 2.76. The molecule has 2 N–H and O–H groups in total. The van der Waals surface area contributed by atoms with Gasteiger partial charge in [0.25, 0.3) is 0 Å². The number of rotatable bonds is 5. The Morgan fingerprint density at radius 2 is 2.00 bits per heavy atom. The zero-order valence-corrected chi connectivity index (χ0v) is 13.1. The monoisotopic (exact) mass is 326 g/mol. The van der Waals surface area contributed by atoms with Crippen LogP contribution < -0.4 is 10.6 Å². The van der Waals surface area contributed by atoms with E-state index in [9.17, 15) is 4.79 Å². The number of hydrogen-bond acceptors (Lipinski definition) is 2. The van der Waals surface area contributed by atoms with Crippen LogP contribution in [0, 0.1) is 6.92 Å². The Kier molecular flexibility index (Phi) is 5.47. The summed E-state index contributed by atoms with van der Waals surface area (Å²) in [6.45, 7) is 3.11. The van der Waals surface area contributed by atoms with Crippen molar-refractivity contribution in [3.63, 3.8) is 0 Å². The maximum atomic E-state index is 11.7. The largest absolute Gasteiger partial charge is 0.338 e. The van der Waals surface area contributed by atoms with Crippen molar-refractivity contribution < 1.29 is 4.79 Å². The lowest BCUT2D eigenvalue weighted by molar-refractivity contribution is 0.251. The summed E-state index contributed by atoms with van der Waals surface area (Å²) in [4.78, 5) is 11.7. The van der Waals surface area contributed by atoms with E-state index in [1.54, 1.807) is 35.1 Å². The second kappa shape index (κ2) is 7.33. The van der Waals surface area contributed by atoms with Gasteiger partial charge in [-0.15, -0.1) is 0 Å². The fourth-order valence-corrected chi connectivity index (χ4v) is 2.04. The molecule has 1 aromatic heterocycles. The van der Waals surface area contributed by atoms with Gasteiger partial charge in [-0.3, -0.25) is 4.68 Å². The zero-order valence-electron chi connectivity index (χ0n) is 11.6. The van der Waals surface area contributed by atoms with Crippen molar-refractivity contribution in [2.75, 3.05) is 11.9 Å². The highest BCUT2D eigenvalue weighted by Gasteiger charge is 2.03. The summed E-state index contributed by atoms with van der Waals surface area (Å²) in [6.07, 6.45) is 2.55. The molecular formula is C14H16Cl2N4O. The Bertz CT molecular complexity index is 590. The van der Waals surface area contributed by atoms with Crippen molar-refractivity contribution in [1.82, 2.24) is 15.1 Å². The van der Waals surface area contributed by atoms with E-state index < -0.39 is 0 Å². The number of aryl methyl sites for hydroxylation is 2. The van der Waals surface area contributed by atoms with Crippen LogP contribution >= 0.6 is 23.2 Å². The molecule has 0 spiro atoms. The van der Waals surface area contributed by atoms with E-state index in [-0.39, 0.29) is 6.03 Å². The molecule has 0 aliphatic rings. The molecule has 1 aromatic carbocycles. The van der Waals surface area contributed by atoms with E-state index in [1.807, 2.05) is 6.92 Å². The van der Waals surface area contributed by atoms with Gasteiger partial charge in [-0.05, 0) is 37.6 Å². The molecule has 21 heavy (non-hydrogen) atoms. The number of hydrogen-bond donors (Lipinski definition) is 2. The Hall–Kier alpha value is -1.72. The van der Waals surface area contributed by atoms with E-state index in [0.717, 1.165) is 12.1 Å². The second-order valence-electron chi connectivity index (χ2n) is 4.57. The molecule has 2 rings (SSSR count). The van der Waals surface area contributed by atoms with Crippen molar-refractivity contribution in [3.8, 4) is 0 Å². The maximum Gasteiger partial charge on any atom is 0.319 e. The molecule has 0 unspecified atom stereocenters. The summed E-state index contributed by atoms with van der Waals surface area (Å²) >= 11 is 11.7. The number of carbonyl (C=O) groups excluding carboxylic acids is 1. The second-order valence-corrected chi connectivity index (χ2v) is 5.41. The van der Waals surface area contributed by atoms with Gasteiger partial charge in [-0.25, -0.2) is 4.79 Å². The van der Waals surface area contributed by atoms with Crippen LogP contribution in [-0.2, 0) is 6.54 Å². The van der Waals surface area contributed by atoms with Crippen LogP contribution in [0.1, 0.15) is 12.1 Å². The summed E-state index contributed by atoms with van der Waals surface area (Å²) in [5.74, 6) is 0. The Balaban J connectivity index is 1.68. The minimum Gasteiger partial charge on any atom is -0.338 e. The molecule has 0 atom stereocenters. The summed E-state index contributed by atoms with van der Waals surface area (Å²) in [5.41, 5.74) is 1.51. The van der Waals surface area contributed by atoms with Gasteiger partial charge < -0.3 is 10.6 Å². The molecular weight excluding hydrogens is 311 g/mol. The Morgan fingerprint density at radius 3 is 2.62 bits per heavy atom. The lowest BCUT2D eigenvalue weighted by Crippen LogP contribution is -2.30. The number of carbonyl (C=O) groups is 1. The van der Waals surface area contributed by atoms with E-state index in [4.69, 9.17) is 23.2 Å². The Morgan fingerprint density at radius 1 is 1.29 bits per heavy atom. The van der Waals surface area contributed by atoms with Gasteiger partial charge in [0.15, 0.2) is 0 Å². The molecule has 0 aliphatic heterocycles. The highest BCUT2D eigenvalue weighted by atomic mass is 35.5. The maximum absolute atomic E-state index is 11.7. The standard InChI is InChI=1S/C14H16Cl2N4O/c1-10-13(16)9-20(19-10)8-2-7-17-14(21)18-12-5-3-11(15)4-6-12/h3-6,9H,2,7-8H2,1H3,(H2,17,18,21). The summed E-state index contributed by atoms with van der Waals surface area (Å²) in [7, 11) is 0. The van der Waals surface area contributed by atoms with Gasteiger partial charge in [0.2, 0.25) is 0 Å². The molecule has 2 aromatic rings. The molecule has 1 heterocycles. The molecule has 0 fully saturated rings. The van der Waals surface area contributed by atoms with Crippen LogP contribution in [-0.4, -0.2) is 22.4 Å². The molecule has 0 saturated heterocycles. The highest BCUT2D eigenvalue weighted by molar-refractivity contribution is 6.31. The van der Waals surface area contributed by atoms with Gasteiger partial charge in [0.05, 0.1) is 10.7 Å². The minimum atomic E-state index is -0.244. The Labute approximate surface area is 133 Å². The number of nitrogens with zero attached hydrogens (tertiary/aromatic N) is 2. The normalized spacial score (nSPS) is 10.4. The molecule has 0 bridgehead atoms. The van der Waals surface area contributed by atoms with Gasteiger partial charge in [0, 0.05) is 30.0 Å². The lowest BCUT2D eigenvalue weighted by atomic mass is 10.3. The quantitative estimate of drug-likeness (QED) is 0.823. The van der Waals surface area contributed by atoms with Gasteiger partial charge >= 0.3 is 6.03 Å². The van der Waals surface area contributed by atoms with Crippen molar-refractivity contribution in [3.05, 3.63) is 46.2 Å². The predicted molar refractivity (Wildman–Crippen MR) is 85.1 cm³/mol. The minimum absolute atomic E-state index is 0.244. The average molecular weight is 327 g/mol. The third-order valence-corrected chi connectivity index (χ3v) is 3.46. The number of urea groups is 1. The van der Waals surface area contributed by atoms with Crippen LogP contribution in [0.25, 0.3) is 0 Å². The van der Waals surface area contributed by atoms with Gasteiger partial charge in [-0.1, -0.05) is 23.2 Å². The first-order valence-electron chi connectivity index (χ1n) is 6.54.